The number of methoxy groups -OCH3 is 1. The van der Waals surface area contributed by atoms with Gasteiger partial charge in [0.05, 0.1) is 20.3 Å². The molecule has 202 valence electrons. The van der Waals surface area contributed by atoms with E-state index in [0.717, 1.165) is 11.3 Å². The Hall–Kier alpha value is -4.18. The fourth-order valence-corrected chi connectivity index (χ4v) is 4.23. The number of urea groups is 1. The molecule has 1 heterocycles. The summed E-state index contributed by atoms with van der Waals surface area (Å²) in [4.78, 5) is 39.6. The molecule has 39 heavy (non-hydrogen) atoms. The topological polar surface area (TPSA) is 94.2 Å². The molecule has 4 amide bonds. The van der Waals surface area contributed by atoms with Crippen molar-refractivity contribution in [2.45, 2.75) is 26.5 Å². The fourth-order valence-electron chi connectivity index (χ4n) is 3.85. The van der Waals surface area contributed by atoms with E-state index in [4.69, 9.17) is 14.2 Å². The maximum atomic E-state index is 14.1. The van der Waals surface area contributed by atoms with Crippen molar-refractivity contribution < 1.29 is 33.0 Å². The quantitative estimate of drug-likeness (QED) is 0.241. The Labute approximate surface area is 233 Å². The van der Waals surface area contributed by atoms with E-state index in [1.807, 2.05) is 6.92 Å². The molecule has 0 unspecified atom stereocenters. The summed E-state index contributed by atoms with van der Waals surface area (Å²) in [7, 11) is 1.50. The first-order valence-electron chi connectivity index (χ1n) is 12.1. The minimum absolute atomic E-state index is 0.0605. The van der Waals surface area contributed by atoms with Crippen molar-refractivity contribution in [1.82, 2.24) is 10.2 Å². The van der Waals surface area contributed by atoms with Gasteiger partial charge in [0, 0.05) is 15.6 Å². The van der Waals surface area contributed by atoms with Crippen molar-refractivity contribution in [2.24, 2.45) is 0 Å². The third kappa shape index (κ3) is 6.64. The van der Waals surface area contributed by atoms with Crippen molar-refractivity contribution in [3.05, 3.63) is 93.2 Å². The van der Waals surface area contributed by atoms with Crippen LogP contribution in [0.4, 0.5) is 9.18 Å². The van der Waals surface area contributed by atoms with Gasteiger partial charge in [-0.05, 0) is 54.5 Å². The molecule has 1 N–H and O–H groups in total. The van der Waals surface area contributed by atoms with E-state index in [0.29, 0.717) is 45.0 Å². The number of ether oxygens (including phenoxy) is 3. The van der Waals surface area contributed by atoms with Gasteiger partial charge in [0.25, 0.3) is 11.8 Å². The molecule has 1 aliphatic heterocycles. The Morgan fingerprint density at radius 3 is 2.49 bits per heavy atom. The fraction of sp³-hybridized carbons (Fsp3) is 0.207. The van der Waals surface area contributed by atoms with Crippen LogP contribution in [-0.4, -0.2) is 36.5 Å². The zero-order valence-corrected chi connectivity index (χ0v) is 22.9. The number of hydrogen-bond acceptors (Lipinski definition) is 6. The van der Waals surface area contributed by atoms with Crippen molar-refractivity contribution in [3.8, 4) is 17.2 Å². The molecular formula is C29H26BrFN2O6. The Balaban J connectivity index is 1.59. The molecule has 3 aromatic carbocycles. The third-order valence-corrected chi connectivity index (χ3v) is 6.32. The number of nitrogens with one attached hydrogen (secondary N) is 1. The van der Waals surface area contributed by atoms with Crippen LogP contribution in [0.1, 0.15) is 30.0 Å². The number of rotatable bonds is 10. The summed E-state index contributed by atoms with van der Waals surface area (Å²) in [6.45, 7) is 2.34. The van der Waals surface area contributed by atoms with E-state index in [9.17, 15) is 18.8 Å². The van der Waals surface area contributed by atoms with Crippen LogP contribution < -0.4 is 19.5 Å². The maximum absolute atomic E-state index is 14.1. The summed E-state index contributed by atoms with van der Waals surface area (Å²) < 4.78 is 31.6. The van der Waals surface area contributed by atoms with Crippen molar-refractivity contribution in [1.29, 1.82) is 0 Å². The van der Waals surface area contributed by atoms with Crippen molar-refractivity contribution in [3.63, 3.8) is 0 Å². The minimum atomic E-state index is -0.835. The smallest absolute Gasteiger partial charge is 0.331 e. The van der Waals surface area contributed by atoms with E-state index in [1.54, 1.807) is 54.6 Å². The molecule has 0 spiro atoms. The predicted octanol–water partition coefficient (Wildman–Crippen LogP) is 5.63. The number of imide groups is 2. The number of benzene rings is 3. The monoisotopic (exact) mass is 596 g/mol. The zero-order chi connectivity index (χ0) is 27.9. The lowest BCUT2D eigenvalue weighted by Crippen LogP contribution is -2.53. The maximum Gasteiger partial charge on any atom is 0.331 e. The summed E-state index contributed by atoms with van der Waals surface area (Å²) >= 11 is 3.38. The molecule has 10 heteroatoms. The molecule has 1 fully saturated rings. The largest absolute Gasteiger partial charge is 0.493 e. The molecule has 0 aliphatic carbocycles. The second kappa shape index (κ2) is 12.6. The summed E-state index contributed by atoms with van der Waals surface area (Å²) in [5, 5.41) is 2.22. The molecular weight excluding hydrogens is 571 g/mol. The number of halogens is 2. The van der Waals surface area contributed by atoms with Crippen LogP contribution in [0.5, 0.6) is 17.2 Å². The summed E-state index contributed by atoms with van der Waals surface area (Å²) in [5.74, 6) is -0.678. The molecule has 0 atom stereocenters. The Bertz CT molecular complexity index is 1440. The standard InChI is InChI=1S/C29H26BrFN2O6/c1-3-12-38-25-10-8-18(13-26(25)37-2)16-33-28(35)22(27(34)32-29(33)36)15-20-14-21(30)9-11-24(20)39-17-19-6-4-5-7-23(19)31/h4-11,13-15H,3,12,16-17H2,1-2H3,(H,32,34,36)/b22-15+. The highest BCUT2D eigenvalue weighted by Gasteiger charge is 2.36. The number of nitrogens with zero attached hydrogens (tertiary/aromatic N) is 1. The van der Waals surface area contributed by atoms with Crippen LogP contribution in [0.15, 0.2) is 70.7 Å². The highest BCUT2D eigenvalue weighted by atomic mass is 79.9. The van der Waals surface area contributed by atoms with Gasteiger partial charge in [-0.25, -0.2) is 9.18 Å². The average molecular weight is 597 g/mol. The van der Waals surface area contributed by atoms with Gasteiger partial charge in [-0.15, -0.1) is 0 Å². The lowest BCUT2D eigenvalue weighted by molar-refractivity contribution is -0.130. The summed E-state index contributed by atoms with van der Waals surface area (Å²) in [6.07, 6.45) is 2.17. The van der Waals surface area contributed by atoms with E-state index >= 15 is 0 Å². The third-order valence-electron chi connectivity index (χ3n) is 5.83. The molecule has 1 aliphatic rings. The molecule has 0 aromatic heterocycles. The van der Waals surface area contributed by atoms with Crippen LogP contribution in [0.3, 0.4) is 0 Å². The van der Waals surface area contributed by atoms with Gasteiger partial charge in [0.1, 0.15) is 23.7 Å². The van der Waals surface area contributed by atoms with Gasteiger partial charge in [0.2, 0.25) is 0 Å². The lowest BCUT2D eigenvalue weighted by Gasteiger charge is -2.26. The van der Waals surface area contributed by atoms with E-state index < -0.39 is 23.7 Å². The molecule has 0 saturated carbocycles. The van der Waals surface area contributed by atoms with Gasteiger partial charge in [-0.3, -0.25) is 19.8 Å². The summed E-state index contributed by atoms with van der Waals surface area (Å²) in [6, 6.07) is 15.5. The first-order chi connectivity index (χ1) is 18.8. The predicted molar refractivity (Wildman–Crippen MR) is 146 cm³/mol. The lowest BCUT2D eigenvalue weighted by atomic mass is 10.1. The van der Waals surface area contributed by atoms with Crippen LogP contribution in [-0.2, 0) is 22.7 Å². The molecule has 4 rings (SSSR count). The summed E-state index contributed by atoms with van der Waals surface area (Å²) in [5.41, 5.74) is 1.10. The van der Waals surface area contributed by atoms with Crippen LogP contribution >= 0.6 is 15.9 Å². The Kier molecular flexibility index (Phi) is 8.98. The first kappa shape index (κ1) is 27.8. The highest BCUT2D eigenvalue weighted by molar-refractivity contribution is 9.10. The van der Waals surface area contributed by atoms with Crippen molar-refractivity contribution >= 4 is 39.9 Å². The molecule has 8 nitrogen and oxygen atoms in total. The van der Waals surface area contributed by atoms with E-state index in [-0.39, 0.29) is 18.7 Å². The number of hydrogen-bond donors (Lipinski definition) is 1. The van der Waals surface area contributed by atoms with Gasteiger partial charge in [-0.1, -0.05) is 47.1 Å². The number of carbonyl (C=O) groups excluding carboxylic acids is 3. The molecule has 3 aromatic rings. The number of barbiturate groups is 1. The van der Waals surface area contributed by atoms with E-state index in [1.165, 1.54) is 19.3 Å². The SMILES string of the molecule is CCCOc1ccc(CN2C(=O)NC(=O)/C(=C\c3cc(Br)ccc3OCc3ccccc3F)C2=O)cc1OC. The Morgan fingerprint density at radius 1 is 0.974 bits per heavy atom. The highest BCUT2D eigenvalue weighted by Crippen LogP contribution is 2.30. The van der Waals surface area contributed by atoms with Gasteiger partial charge in [-0.2, -0.15) is 0 Å². The molecule has 0 radical (unpaired) electrons. The number of carbonyl (C=O) groups is 3. The van der Waals surface area contributed by atoms with Gasteiger partial charge >= 0.3 is 6.03 Å². The van der Waals surface area contributed by atoms with Crippen LogP contribution in [0.25, 0.3) is 6.08 Å². The average Bonchev–Trinajstić information content (AvgIpc) is 2.92. The van der Waals surface area contributed by atoms with Gasteiger partial charge < -0.3 is 14.2 Å². The van der Waals surface area contributed by atoms with Crippen LogP contribution in [0, 0.1) is 5.82 Å². The van der Waals surface area contributed by atoms with E-state index in [2.05, 4.69) is 21.2 Å². The normalized spacial score (nSPS) is 14.4. The minimum Gasteiger partial charge on any atom is -0.493 e. The second-order valence-electron chi connectivity index (χ2n) is 8.60. The molecule has 0 bridgehead atoms. The van der Waals surface area contributed by atoms with Gasteiger partial charge in [0.15, 0.2) is 11.5 Å². The first-order valence-corrected chi connectivity index (χ1v) is 12.9. The van der Waals surface area contributed by atoms with Crippen molar-refractivity contribution in [2.75, 3.05) is 13.7 Å². The Morgan fingerprint density at radius 2 is 1.74 bits per heavy atom. The number of amides is 4. The van der Waals surface area contributed by atoms with Crippen LogP contribution in [0.2, 0.25) is 0 Å². The molecule has 1 saturated heterocycles. The zero-order valence-electron chi connectivity index (χ0n) is 21.3. The second-order valence-corrected chi connectivity index (χ2v) is 9.52.